The zero-order chi connectivity index (χ0) is 13.4. The van der Waals surface area contributed by atoms with Crippen LogP contribution in [0.1, 0.15) is 32.6 Å². The zero-order valence-electron chi connectivity index (χ0n) is 10.9. The SMILES string of the molecule is CCOC(=O)/C=C/[C@H]1CCCC[C@H]1CSC(=N)N. The van der Waals surface area contributed by atoms with E-state index in [0.717, 1.165) is 18.6 Å². The van der Waals surface area contributed by atoms with Crippen molar-refractivity contribution in [3.05, 3.63) is 12.2 Å². The van der Waals surface area contributed by atoms with Crippen molar-refractivity contribution < 1.29 is 9.53 Å². The molecule has 0 aliphatic heterocycles. The molecule has 4 nitrogen and oxygen atoms in total. The highest BCUT2D eigenvalue weighted by Crippen LogP contribution is 2.33. The van der Waals surface area contributed by atoms with Gasteiger partial charge in [-0.15, -0.1) is 0 Å². The molecule has 1 aliphatic rings. The van der Waals surface area contributed by atoms with Crippen molar-refractivity contribution in [1.29, 1.82) is 5.41 Å². The number of amidine groups is 1. The van der Waals surface area contributed by atoms with Crippen LogP contribution in [0.2, 0.25) is 0 Å². The second kappa shape index (κ2) is 8.19. The molecule has 0 heterocycles. The van der Waals surface area contributed by atoms with Crippen LogP contribution in [0.3, 0.4) is 0 Å². The number of esters is 1. The van der Waals surface area contributed by atoms with Crippen molar-refractivity contribution in [2.75, 3.05) is 12.4 Å². The van der Waals surface area contributed by atoms with Gasteiger partial charge in [-0.1, -0.05) is 30.7 Å². The maximum Gasteiger partial charge on any atom is 0.330 e. The Labute approximate surface area is 113 Å². The molecule has 1 saturated carbocycles. The molecule has 0 aromatic heterocycles. The Kier molecular flexibility index (Phi) is 6.86. The number of carbonyl (C=O) groups is 1. The van der Waals surface area contributed by atoms with Crippen molar-refractivity contribution >= 4 is 22.9 Å². The number of nitrogens with two attached hydrogens (primary N) is 1. The smallest absolute Gasteiger partial charge is 0.330 e. The number of hydrogen-bond donors (Lipinski definition) is 2. The van der Waals surface area contributed by atoms with E-state index in [1.165, 1.54) is 24.6 Å². The van der Waals surface area contributed by atoms with Gasteiger partial charge < -0.3 is 10.5 Å². The van der Waals surface area contributed by atoms with Crippen LogP contribution in [-0.4, -0.2) is 23.5 Å². The Balaban J connectivity index is 2.48. The molecule has 0 aromatic rings. The first-order valence-electron chi connectivity index (χ1n) is 6.45. The summed E-state index contributed by atoms with van der Waals surface area (Å²) in [5.74, 6) is 1.53. The molecular weight excluding hydrogens is 248 g/mol. The molecule has 0 aromatic carbocycles. The molecule has 1 rings (SSSR count). The van der Waals surface area contributed by atoms with E-state index in [4.69, 9.17) is 15.9 Å². The summed E-state index contributed by atoms with van der Waals surface area (Å²) >= 11 is 1.40. The summed E-state index contributed by atoms with van der Waals surface area (Å²) in [5.41, 5.74) is 5.37. The molecule has 18 heavy (non-hydrogen) atoms. The third-order valence-corrected chi connectivity index (χ3v) is 4.09. The minimum absolute atomic E-state index is 0.175. The number of hydrogen-bond acceptors (Lipinski definition) is 4. The molecule has 1 aliphatic carbocycles. The van der Waals surface area contributed by atoms with Gasteiger partial charge in [-0.05, 0) is 31.6 Å². The van der Waals surface area contributed by atoms with Crippen molar-refractivity contribution in [3.63, 3.8) is 0 Å². The summed E-state index contributed by atoms with van der Waals surface area (Å²) in [4.78, 5) is 11.3. The normalized spacial score (nSPS) is 24.1. The molecule has 0 amide bonds. The minimum Gasteiger partial charge on any atom is -0.463 e. The van der Waals surface area contributed by atoms with E-state index >= 15 is 0 Å². The van der Waals surface area contributed by atoms with Gasteiger partial charge in [-0.2, -0.15) is 0 Å². The Hall–Kier alpha value is -0.970. The van der Waals surface area contributed by atoms with Crippen LogP contribution >= 0.6 is 11.8 Å². The summed E-state index contributed by atoms with van der Waals surface area (Å²) in [7, 11) is 0. The monoisotopic (exact) mass is 270 g/mol. The van der Waals surface area contributed by atoms with Crippen molar-refractivity contribution in [2.24, 2.45) is 17.6 Å². The topological polar surface area (TPSA) is 76.2 Å². The van der Waals surface area contributed by atoms with E-state index in [1.807, 2.05) is 6.08 Å². The Morgan fingerprint density at radius 2 is 2.22 bits per heavy atom. The van der Waals surface area contributed by atoms with Gasteiger partial charge in [0.2, 0.25) is 0 Å². The van der Waals surface area contributed by atoms with Gasteiger partial charge >= 0.3 is 5.97 Å². The summed E-state index contributed by atoms with van der Waals surface area (Å²) in [6.45, 7) is 2.22. The predicted molar refractivity (Wildman–Crippen MR) is 75.6 cm³/mol. The Morgan fingerprint density at radius 3 is 2.89 bits per heavy atom. The third kappa shape index (κ3) is 5.58. The molecule has 0 radical (unpaired) electrons. The molecule has 1 fully saturated rings. The first-order chi connectivity index (χ1) is 8.63. The lowest BCUT2D eigenvalue weighted by Gasteiger charge is -2.28. The van der Waals surface area contributed by atoms with E-state index in [9.17, 15) is 4.79 Å². The third-order valence-electron chi connectivity index (χ3n) is 3.19. The van der Waals surface area contributed by atoms with Crippen LogP contribution < -0.4 is 5.73 Å². The second-order valence-corrected chi connectivity index (χ2v) is 5.56. The van der Waals surface area contributed by atoms with Crippen molar-refractivity contribution in [3.8, 4) is 0 Å². The van der Waals surface area contributed by atoms with Gasteiger partial charge in [0.05, 0.1) is 6.61 Å². The fourth-order valence-electron chi connectivity index (χ4n) is 2.29. The first-order valence-corrected chi connectivity index (χ1v) is 7.43. The van der Waals surface area contributed by atoms with Crippen LogP contribution in [0.5, 0.6) is 0 Å². The quantitative estimate of drug-likeness (QED) is 0.348. The largest absolute Gasteiger partial charge is 0.463 e. The summed E-state index contributed by atoms with van der Waals surface area (Å²) in [6, 6.07) is 0. The van der Waals surface area contributed by atoms with Gasteiger partial charge in [0, 0.05) is 11.8 Å². The lowest BCUT2D eigenvalue weighted by Crippen LogP contribution is -2.21. The molecule has 0 unspecified atom stereocenters. The standard InChI is InChI=1S/C13H22N2O2S/c1-2-17-12(16)8-7-10-5-3-4-6-11(10)9-18-13(14)15/h7-8,10-11H,2-6,9H2,1H3,(H3,14,15)/b8-7+/t10-,11+/m1/s1. The van der Waals surface area contributed by atoms with E-state index in [0.29, 0.717) is 18.4 Å². The van der Waals surface area contributed by atoms with Crippen LogP contribution in [0.15, 0.2) is 12.2 Å². The van der Waals surface area contributed by atoms with E-state index in [1.54, 1.807) is 13.0 Å². The molecule has 0 bridgehead atoms. The highest BCUT2D eigenvalue weighted by atomic mass is 32.2. The van der Waals surface area contributed by atoms with Crippen molar-refractivity contribution in [2.45, 2.75) is 32.6 Å². The van der Waals surface area contributed by atoms with Gasteiger partial charge in [0.25, 0.3) is 0 Å². The zero-order valence-corrected chi connectivity index (χ0v) is 11.7. The number of carbonyl (C=O) groups excluding carboxylic acids is 1. The van der Waals surface area contributed by atoms with E-state index in [-0.39, 0.29) is 11.1 Å². The highest BCUT2D eigenvalue weighted by molar-refractivity contribution is 8.13. The molecule has 3 N–H and O–H groups in total. The molecule has 0 saturated heterocycles. The van der Waals surface area contributed by atoms with E-state index < -0.39 is 0 Å². The van der Waals surface area contributed by atoms with Crippen LogP contribution in [-0.2, 0) is 9.53 Å². The first kappa shape index (κ1) is 15.1. The van der Waals surface area contributed by atoms with Gasteiger partial charge in [0.1, 0.15) is 0 Å². The fourth-order valence-corrected chi connectivity index (χ4v) is 3.09. The molecule has 2 atom stereocenters. The van der Waals surface area contributed by atoms with Crippen LogP contribution in [0.4, 0.5) is 0 Å². The number of allylic oxidation sites excluding steroid dienone is 1. The number of thioether (sulfide) groups is 1. The lowest BCUT2D eigenvalue weighted by atomic mass is 9.80. The Morgan fingerprint density at radius 1 is 1.50 bits per heavy atom. The summed E-state index contributed by atoms with van der Waals surface area (Å²) in [6.07, 6.45) is 8.22. The summed E-state index contributed by atoms with van der Waals surface area (Å²) < 4.78 is 4.88. The van der Waals surface area contributed by atoms with Crippen LogP contribution in [0.25, 0.3) is 0 Å². The number of nitrogens with one attached hydrogen (secondary N) is 1. The molecule has 5 heteroatoms. The average Bonchev–Trinajstić information content (AvgIpc) is 2.35. The maximum atomic E-state index is 11.3. The minimum atomic E-state index is -0.263. The Bertz CT molecular complexity index is 318. The lowest BCUT2D eigenvalue weighted by molar-refractivity contribution is -0.137. The van der Waals surface area contributed by atoms with E-state index in [2.05, 4.69) is 0 Å². The molecular formula is C13H22N2O2S. The number of ether oxygens (including phenoxy) is 1. The number of rotatable bonds is 5. The molecule has 0 spiro atoms. The maximum absolute atomic E-state index is 11.3. The van der Waals surface area contributed by atoms with Gasteiger partial charge in [-0.3, -0.25) is 5.41 Å². The average molecular weight is 270 g/mol. The van der Waals surface area contributed by atoms with Crippen LogP contribution in [0, 0.1) is 17.2 Å². The van der Waals surface area contributed by atoms with Crippen molar-refractivity contribution in [1.82, 2.24) is 0 Å². The highest BCUT2D eigenvalue weighted by Gasteiger charge is 2.23. The van der Waals surface area contributed by atoms with Gasteiger partial charge in [0.15, 0.2) is 5.17 Å². The fraction of sp³-hybridized carbons (Fsp3) is 0.692. The predicted octanol–water partition coefficient (Wildman–Crippen LogP) is 2.54. The second-order valence-electron chi connectivity index (χ2n) is 4.49. The molecule has 102 valence electrons. The van der Waals surface area contributed by atoms with Gasteiger partial charge in [-0.25, -0.2) is 4.79 Å². The summed E-state index contributed by atoms with van der Waals surface area (Å²) in [5, 5.41) is 7.43.